The molecule has 1 heterocycles. The van der Waals surface area contributed by atoms with E-state index >= 15 is 0 Å². The Kier molecular flexibility index (Phi) is 3.46. The summed E-state index contributed by atoms with van der Waals surface area (Å²) in [4.78, 5) is 10.5. The Labute approximate surface area is 98.3 Å². The number of ether oxygens (including phenoxy) is 2. The third-order valence-electron chi connectivity index (χ3n) is 2.45. The van der Waals surface area contributed by atoms with E-state index in [4.69, 9.17) is 20.3 Å². The Hall–Kier alpha value is -1.79. The zero-order chi connectivity index (χ0) is 12.3. The molecule has 0 spiro atoms. The second-order valence-corrected chi connectivity index (χ2v) is 3.76. The molecule has 0 aromatic heterocycles. The van der Waals surface area contributed by atoms with E-state index in [0.717, 1.165) is 11.3 Å². The van der Waals surface area contributed by atoms with Crippen molar-refractivity contribution in [2.24, 2.45) is 5.73 Å². The third kappa shape index (κ3) is 2.86. The van der Waals surface area contributed by atoms with Crippen LogP contribution in [0.4, 0.5) is 0 Å². The monoisotopic (exact) mass is 238 g/mol. The molecule has 0 saturated carbocycles. The first-order chi connectivity index (χ1) is 8.16. The van der Waals surface area contributed by atoms with Gasteiger partial charge in [0.2, 0.25) is 6.79 Å². The Morgan fingerprint density at radius 1 is 1.47 bits per heavy atom. The third-order valence-corrected chi connectivity index (χ3v) is 2.45. The van der Waals surface area contributed by atoms with Crippen LogP contribution in [0.25, 0.3) is 0 Å². The van der Waals surface area contributed by atoms with Crippen molar-refractivity contribution in [3.63, 3.8) is 0 Å². The van der Waals surface area contributed by atoms with E-state index in [2.05, 4.69) is 5.32 Å². The fourth-order valence-corrected chi connectivity index (χ4v) is 1.51. The molecule has 0 amide bonds. The summed E-state index contributed by atoms with van der Waals surface area (Å²) in [5.41, 5.74) is 6.36. The highest BCUT2D eigenvalue weighted by atomic mass is 16.7. The van der Waals surface area contributed by atoms with E-state index in [0.29, 0.717) is 12.3 Å². The van der Waals surface area contributed by atoms with Gasteiger partial charge >= 0.3 is 5.97 Å². The normalized spacial score (nSPS) is 14.6. The summed E-state index contributed by atoms with van der Waals surface area (Å²) in [5.74, 6) is 0.436. The lowest BCUT2D eigenvalue weighted by atomic mass is 10.2. The second kappa shape index (κ2) is 5.03. The molecule has 0 aliphatic carbocycles. The molecule has 0 fully saturated rings. The van der Waals surface area contributed by atoms with Gasteiger partial charge in [-0.3, -0.25) is 4.79 Å². The summed E-state index contributed by atoms with van der Waals surface area (Å²) in [5, 5.41) is 11.6. The number of fused-ring (bicyclic) bond motifs is 1. The lowest BCUT2D eigenvalue weighted by Crippen LogP contribution is -2.40. The number of carboxylic acid groups (broad SMARTS) is 1. The van der Waals surface area contributed by atoms with Crippen LogP contribution in [0.5, 0.6) is 11.5 Å². The summed E-state index contributed by atoms with van der Waals surface area (Å²) in [6, 6.07) is 4.70. The number of benzene rings is 1. The first-order valence-electron chi connectivity index (χ1n) is 5.24. The van der Waals surface area contributed by atoms with Crippen molar-refractivity contribution in [2.45, 2.75) is 12.6 Å². The number of carbonyl (C=O) groups is 1. The van der Waals surface area contributed by atoms with Crippen LogP contribution < -0.4 is 20.5 Å². The van der Waals surface area contributed by atoms with Gasteiger partial charge in [-0.05, 0) is 17.7 Å². The molecule has 6 heteroatoms. The summed E-state index contributed by atoms with van der Waals surface area (Å²) in [6.07, 6.45) is 0. The highest BCUT2D eigenvalue weighted by Crippen LogP contribution is 2.32. The first kappa shape index (κ1) is 11.7. The van der Waals surface area contributed by atoms with Crippen molar-refractivity contribution in [3.05, 3.63) is 23.8 Å². The molecule has 0 radical (unpaired) electrons. The molecule has 1 aliphatic heterocycles. The molecule has 17 heavy (non-hydrogen) atoms. The highest BCUT2D eigenvalue weighted by Gasteiger charge is 2.14. The predicted molar refractivity (Wildman–Crippen MR) is 59.9 cm³/mol. The predicted octanol–water partition coefficient (Wildman–Crippen LogP) is -0.0832. The van der Waals surface area contributed by atoms with Gasteiger partial charge in [0.25, 0.3) is 0 Å². The lowest BCUT2D eigenvalue weighted by molar-refractivity contribution is -0.138. The van der Waals surface area contributed by atoms with Gasteiger partial charge in [-0.25, -0.2) is 0 Å². The zero-order valence-corrected chi connectivity index (χ0v) is 9.18. The zero-order valence-electron chi connectivity index (χ0n) is 9.18. The molecule has 0 bridgehead atoms. The van der Waals surface area contributed by atoms with Crippen molar-refractivity contribution < 1.29 is 19.4 Å². The summed E-state index contributed by atoms with van der Waals surface area (Å²) < 4.78 is 10.4. The smallest absolute Gasteiger partial charge is 0.321 e. The van der Waals surface area contributed by atoms with E-state index in [1.54, 1.807) is 0 Å². The van der Waals surface area contributed by atoms with Crippen molar-refractivity contribution in [3.8, 4) is 11.5 Å². The van der Waals surface area contributed by atoms with Crippen molar-refractivity contribution >= 4 is 5.97 Å². The van der Waals surface area contributed by atoms with Gasteiger partial charge in [0.15, 0.2) is 11.5 Å². The maximum Gasteiger partial charge on any atom is 0.321 e. The SMILES string of the molecule is NC(CNCc1ccc2c(c1)OCO2)C(=O)O. The summed E-state index contributed by atoms with van der Waals surface area (Å²) in [7, 11) is 0. The number of carboxylic acids is 1. The van der Waals surface area contributed by atoms with Crippen LogP contribution in [-0.4, -0.2) is 30.5 Å². The van der Waals surface area contributed by atoms with Crippen molar-refractivity contribution in [1.82, 2.24) is 5.32 Å². The number of rotatable bonds is 5. The molecule has 1 aliphatic rings. The largest absolute Gasteiger partial charge is 0.480 e. The van der Waals surface area contributed by atoms with Gasteiger partial charge in [0.05, 0.1) is 0 Å². The minimum Gasteiger partial charge on any atom is -0.480 e. The van der Waals surface area contributed by atoms with Crippen LogP contribution in [0.15, 0.2) is 18.2 Å². The summed E-state index contributed by atoms with van der Waals surface area (Å²) in [6.45, 7) is 1.01. The minimum atomic E-state index is -1.01. The fraction of sp³-hybridized carbons (Fsp3) is 0.364. The standard InChI is InChI=1S/C11H14N2O4/c12-8(11(14)15)5-13-4-7-1-2-9-10(3-7)17-6-16-9/h1-3,8,13H,4-6,12H2,(H,14,15). The van der Waals surface area contributed by atoms with Crippen LogP contribution in [0, 0.1) is 0 Å². The van der Waals surface area contributed by atoms with Crippen molar-refractivity contribution in [1.29, 1.82) is 0 Å². The van der Waals surface area contributed by atoms with Gasteiger partial charge in [-0.2, -0.15) is 0 Å². The minimum absolute atomic E-state index is 0.226. The average molecular weight is 238 g/mol. The number of hydrogen-bond donors (Lipinski definition) is 3. The second-order valence-electron chi connectivity index (χ2n) is 3.76. The van der Waals surface area contributed by atoms with Gasteiger partial charge in [-0.1, -0.05) is 6.07 Å². The van der Waals surface area contributed by atoms with E-state index in [1.807, 2.05) is 18.2 Å². The Morgan fingerprint density at radius 2 is 2.24 bits per heavy atom. The van der Waals surface area contributed by atoms with E-state index in [9.17, 15) is 4.79 Å². The Morgan fingerprint density at radius 3 is 3.00 bits per heavy atom. The Bertz CT molecular complexity index is 422. The average Bonchev–Trinajstić information content (AvgIpc) is 2.75. The van der Waals surface area contributed by atoms with Gasteiger partial charge in [0.1, 0.15) is 6.04 Å². The van der Waals surface area contributed by atoms with Crippen LogP contribution >= 0.6 is 0 Å². The van der Waals surface area contributed by atoms with Crippen LogP contribution in [-0.2, 0) is 11.3 Å². The molecule has 6 nitrogen and oxygen atoms in total. The molecule has 92 valence electrons. The molecule has 1 unspecified atom stereocenters. The first-order valence-corrected chi connectivity index (χ1v) is 5.24. The molecule has 1 aromatic rings. The fourth-order valence-electron chi connectivity index (χ4n) is 1.51. The lowest BCUT2D eigenvalue weighted by Gasteiger charge is -2.08. The van der Waals surface area contributed by atoms with Crippen LogP contribution in [0.2, 0.25) is 0 Å². The molecule has 0 saturated heterocycles. The number of nitrogens with two attached hydrogens (primary N) is 1. The molecule has 1 atom stereocenters. The number of hydrogen-bond acceptors (Lipinski definition) is 5. The van der Waals surface area contributed by atoms with Crippen molar-refractivity contribution in [2.75, 3.05) is 13.3 Å². The van der Waals surface area contributed by atoms with Gasteiger partial charge in [0, 0.05) is 13.1 Å². The van der Waals surface area contributed by atoms with E-state index < -0.39 is 12.0 Å². The molecule has 2 rings (SSSR count). The quantitative estimate of drug-likeness (QED) is 0.664. The van der Waals surface area contributed by atoms with Crippen LogP contribution in [0.1, 0.15) is 5.56 Å². The highest BCUT2D eigenvalue weighted by molar-refractivity contribution is 5.73. The maximum atomic E-state index is 10.5. The van der Waals surface area contributed by atoms with E-state index in [-0.39, 0.29) is 13.3 Å². The summed E-state index contributed by atoms with van der Waals surface area (Å²) >= 11 is 0. The van der Waals surface area contributed by atoms with Crippen LogP contribution in [0.3, 0.4) is 0 Å². The molecular weight excluding hydrogens is 224 g/mol. The number of nitrogens with one attached hydrogen (secondary N) is 1. The molecule has 1 aromatic carbocycles. The van der Waals surface area contributed by atoms with Gasteiger partial charge < -0.3 is 25.6 Å². The molecule has 4 N–H and O–H groups in total. The number of aliphatic carboxylic acids is 1. The van der Waals surface area contributed by atoms with E-state index in [1.165, 1.54) is 0 Å². The Balaban J connectivity index is 1.85. The van der Waals surface area contributed by atoms with Gasteiger partial charge in [-0.15, -0.1) is 0 Å². The maximum absolute atomic E-state index is 10.5. The molecular formula is C11H14N2O4. The topological polar surface area (TPSA) is 93.8 Å².